The van der Waals surface area contributed by atoms with Gasteiger partial charge in [0.05, 0.1) is 13.2 Å². The molecule has 0 amide bonds. The van der Waals surface area contributed by atoms with Crippen LogP contribution in [0.1, 0.15) is 41.5 Å². The molecule has 0 spiro atoms. The predicted octanol–water partition coefficient (Wildman–Crippen LogP) is 4.21. The molecule has 1 saturated carbocycles. The highest BCUT2D eigenvalue weighted by molar-refractivity contribution is 5.53. The summed E-state index contributed by atoms with van der Waals surface area (Å²) in [5.41, 5.74) is 5.46. The summed E-state index contributed by atoms with van der Waals surface area (Å²) in [6.07, 6.45) is 2.55. The zero-order valence-corrected chi connectivity index (χ0v) is 12.6. The average molecular weight is 246 g/mol. The molecule has 18 heavy (non-hydrogen) atoms. The number of hydrogen-bond donors (Lipinski definition) is 0. The second-order valence-electron chi connectivity index (χ2n) is 7.63. The first-order valence-corrected chi connectivity index (χ1v) is 7.32. The molecule has 100 valence electrons. The standard InChI is InChI=1S/C17H26O/c1-10-7-14-15(13-9-18-8-12(10)13)17(5,6)11(2)16(14,3)4/h7,10-12H,8-9H2,1-6H3. The van der Waals surface area contributed by atoms with E-state index in [9.17, 15) is 0 Å². The molecule has 0 radical (unpaired) electrons. The molecular weight excluding hydrogens is 220 g/mol. The average Bonchev–Trinajstić information content (AvgIpc) is 2.80. The van der Waals surface area contributed by atoms with Crippen LogP contribution >= 0.6 is 0 Å². The van der Waals surface area contributed by atoms with Crippen LogP contribution in [0.25, 0.3) is 0 Å². The molecule has 1 nitrogen and oxygen atoms in total. The van der Waals surface area contributed by atoms with E-state index in [0.717, 1.165) is 13.2 Å². The number of fused-ring (bicyclic) bond motifs is 2. The molecule has 0 aromatic carbocycles. The minimum absolute atomic E-state index is 0.288. The molecule has 0 aromatic heterocycles. The van der Waals surface area contributed by atoms with Gasteiger partial charge in [0.25, 0.3) is 0 Å². The van der Waals surface area contributed by atoms with Gasteiger partial charge in [0.2, 0.25) is 0 Å². The van der Waals surface area contributed by atoms with Crippen LogP contribution in [0.15, 0.2) is 22.8 Å². The van der Waals surface area contributed by atoms with Crippen molar-refractivity contribution >= 4 is 0 Å². The van der Waals surface area contributed by atoms with Crippen molar-refractivity contribution < 1.29 is 4.74 Å². The Bertz CT molecular complexity index is 450. The van der Waals surface area contributed by atoms with Gasteiger partial charge >= 0.3 is 0 Å². The molecule has 1 heterocycles. The number of allylic oxidation sites excluding steroid dienone is 3. The minimum Gasteiger partial charge on any atom is -0.376 e. The smallest absolute Gasteiger partial charge is 0.0686 e. The molecule has 0 bridgehead atoms. The Hall–Kier alpha value is -0.560. The molecule has 2 fully saturated rings. The lowest BCUT2D eigenvalue weighted by Crippen LogP contribution is -2.25. The third-order valence-electron chi connectivity index (χ3n) is 6.16. The highest BCUT2D eigenvalue weighted by atomic mass is 16.5. The van der Waals surface area contributed by atoms with Gasteiger partial charge in [-0.1, -0.05) is 47.6 Å². The van der Waals surface area contributed by atoms with Gasteiger partial charge in [-0.2, -0.15) is 0 Å². The van der Waals surface area contributed by atoms with Crippen molar-refractivity contribution in [2.45, 2.75) is 41.5 Å². The zero-order chi connectivity index (χ0) is 13.3. The first-order valence-electron chi connectivity index (χ1n) is 7.32. The molecule has 3 unspecified atom stereocenters. The van der Waals surface area contributed by atoms with Gasteiger partial charge in [-0.05, 0) is 39.4 Å². The molecular formula is C17H26O. The summed E-state index contributed by atoms with van der Waals surface area (Å²) in [6.45, 7) is 16.3. The second kappa shape index (κ2) is 3.50. The van der Waals surface area contributed by atoms with E-state index in [0.29, 0.717) is 23.2 Å². The monoisotopic (exact) mass is 246 g/mol. The zero-order valence-electron chi connectivity index (χ0n) is 12.6. The minimum atomic E-state index is 0.288. The van der Waals surface area contributed by atoms with E-state index in [1.807, 2.05) is 0 Å². The van der Waals surface area contributed by atoms with Crippen molar-refractivity contribution in [1.82, 2.24) is 0 Å². The first kappa shape index (κ1) is 12.5. The quantitative estimate of drug-likeness (QED) is 0.622. The van der Waals surface area contributed by atoms with Crippen molar-refractivity contribution in [2.24, 2.45) is 28.6 Å². The van der Waals surface area contributed by atoms with Crippen LogP contribution in [-0.4, -0.2) is 13.2 Å². The van der Waals surface area contributed by atoms with Crippen LogP contribution in [-0.2, 0) is 4.74 Å². The van der Waals surface area contributed by atoms with Crippen LogP contribution in [0, 0.1) is 28.6 Å². The van der Waals surface area contributed by atoms with Crippen molar-refractivity contribution in [3.05, 3.63) is 22.8 Å². The van der Waals surface area contributed by atoms with Crippen molar-refractivity contribution in [2.75, 3.05) is 13.2 Å². The van der Waals surface area contributed by atoms with E-state index in [4.69, 9.17) is 4.74 Å². The first-order chi connectivity index (χ1) is 8.28. The lowest BCUT2D eigenvalue weighted by molar-refractivity contribution is 0.179. The fraction of sp³-hybridized carbons (Fsp3) is 0.765. The van der Waals surface area contributed by atoms with Crippen LogP contribution in [0.5, 0.6) is 0 Å². The van der Waals surface area contributed by atoms with Crippen LogP contribution in [0.3, 0.4) is 0 Å². The van der Waals surface area contributed by atoms with E-state index < -0.39 is 0 Å². The number of rotatable bonds is 0. The van der Waals surface area contributed by atoms with Gasteiger partial charge in [-0.25, -0.2) is 0 Å². The maximum absolute atomic E-state index is 5.78. The second-order valence-corrected chi connectivity index (χ2v) is 7.63. The van der Waals surface area contributed by atoms with Gasteiger partial charge in [0.1, 0.15) is 0 Å². The normalized spacial score (nSPS) is 40.6. The summed E-state index contributed by atoms with van der Waals surface area (Å²) >= 11 is 0. The van der Waals surface area contributed by atoms with E-state index in [1.54, 1.807) is 16.7 Å². The highest BCUT2D eigenvalue weighted by Gasteiger charge is 2.54. The van der Waals surface area contributed by atoms with Gasteiger partial charge in [0, 0.05) is 5.92 Å². The van der Waals surface area contributed by atoms with E-state index in [-0.39, 0.29) is 5.41 Å². The van der Waals surface area contributed by atoms with Crippen molar-refractivity contribution in [1.29, 1.82) is 0 Å². The molecule has 0 aromatic rings. The third-order valence-corrected chi connectivity index (χ3v) is 6.16. The SMILES string of the molecule is CC1C=C2C(=C3COCC31)C(C)(C)C(C)C2(C)C. The van der Waals surface area contributed by atoms with Gasteiger partial charge in [-0.15, -0.1) is 0 Å². The molecule has 3 aliphatic rings. The Morgan fingerprint density at radius 2 is 1.78 bits per heavy atom. The summed E-state index contributed by atoms with van der Waals surface area (Å²) in [5, 5.41) is 0. The van der Waals surface area contributed by atoms with Crippen molar-refractivity contribution in [3.63, 3.8) is 0 Å². The van der Waals surface area contributed by atoms with Crippen LogP contribution in [0.4, 0.5) is 0 Å². The molecule has 1 saturated heterocycles. The maximum Gasteiger partial charge on any atom is 0.0686 e. The lowest BCUT2D eigenvalue weighted by Gasteiger charge is -2.32. The fourth-order valence-electron chi connectivity index (χ4n) is 4.52. The van der Waals surface area contributed by atoms with E-state index in [1.165, 1.54) is 0 Å². The summed E-state index contributed by atoms with van der Waals surface area (Å²) in [6, 6.07) is 0. The summed E-state index contributed by atoms with van der Waals surface area (Å²) in [4.78, 5) is 0. The molecule has 3 rings (SSSR count). The summed E-state index contributed by atoms with van der Waals surface area (Å²) in [5.74, 6) is 1.97. The van der Waals surface area contributed by atoms with Gasteiger partial charge in [-0.3, -0.25) is 0 Å². The third kappa shape index (κ3) is 1.32. The van der Waals surface area contributed by atoms with Gasteiger partial charge in [0.15, 0.2) is 0 Å². The largest absolute Gasteiger partial charge is 0.376 e. The van der Waals surface area contributed by atoms with Crippen LogP contribution < -0.4 is 0 Å². The molecule has 1 heteroatoms. The Labute approximate surface area is 111 Å². The fourth-order valence-corrected chi connectivity index (χ4v) is 4.52. The highest BCUT2D eigenvalue weighted by Crippen LogP contribution is 2.63. The van der Waals surface area contributed by atoms with E-state index in [2.05, 4.69) is 47.6 Å². The molecule has 0 N–H and O–H groups in total. The Kier molecular flexibility index (Phi) is 2.43. The molecule has 3 atom stereocenters. The number of ether oxygens (including phenoxy) is 1. The Balaban J connectivity index is 2.24. The lowest BCUT2D eigenvalue weighted by atomic mass is 9.72. The van der Waals surface area contributed by atoms with Gasteiger partial charge < -0.3 is 4.74 Å². The van der Waals surface area contributed by atoms with Crippen LogP contribution in [0.2, 0.25) is 0 Å². The molecule has 2 aliphatic carbocycles. The van der Waals surface area contributed by atoms with E-state index >= 15 is 0 Å². The number of hydrogen-bond acceptors (Lipinski definition) is 1. The molecule has 1 aliphatic heterocycles. The summed E-state index contributed by atoms with van der Waals surface area (Å²) in [7, 11) is 0. The predicted molar refractivity (Wildman–Crippen MR) is 75.3 cm³/mol. The topological polar surface area (TPSA) is 9.23 Å². The maximum atomic E-state index is 5.78. The summed E-state index contributed by atoms with van der Waals surface area (Å²) < 4.78 is 5.78. The van der Waals surface area contributed by atoms with Crippen molar-refractivity contribution in [3.8, 4) is 0 Å². The Morgan fingerprint density at radius 3 is 2.44 bits per heavy atom. The Morgan fingerprint density at radius 1 is 1.11 bits per heavy atom.